The van der Waals surface area contributed by atoms with Gasteiger partial charge in [0.15, 0.2) is 0 Å². The zero-order valence-electron chi connectivity index (χ0n) is 11.7. The predicted octanol–water partition coefficient (Wildman–Crippen LogP) is 6.91. The van der Waals surface area contributed by atoms with Gasteiger partial charge in [0.2, 0.25) is 0 Å². The normalized spacial score (nSPS) is 10.7. The fourth-order valence-electron chi connectivity index (χ4n) is 1.67. The van der Waals surface area contributed by atoms with E-state index in [1.807, 2.05) is 41.2 Å². The number of hydrogen-bond donors (Lipinski definition) is 0. The SMILES string of the molecule is CCc1ccc(SSSSc2ccc(CC)cc2)cc1. The Balaban J connectivity index is 1.72. The van der Waals surface area contributed by atoms with E-state index in [0.717, 1.165) is 12.8 Å². The lowest BCUT2D eigenvalue weighted by atomic mass is 10.2. The summed E-state index contributed by atoms with van der Waals surface area (Å²) < 4.78 is 0. The van der Waals surface area contributed by atoms with Gasteiger partial charge in [-0.25, -0.2) is 0 Å². The largest absolute Gasteiger partial charge is 0.0613 e. The molecule has 106 valence electrons. The summed E-state index contributed by atoms with van der Waals surface area (Å²) >= 11 is 0. The summed E-state index contributed by atoms with van der Waals surface area (Å²) in [7, 11) is 7.29. The summed E-state index contributed by atoms with van der Waals surface area (Å²) in [6, 6.07) is 17.7. The van der Waals surface area contributed by atoms with Crippen molar-refractivity contribution in [1.82, 2.24) is 0 Å². The highest BCUT2D eigenvalue weighted by atomic mass is 33.7. The van der Waals surface area contributed by atoms with Crippen molar-refractivity contribution in [2.75, 3.05) is 0 Å². The Labute approximate surface area is 137 Å². The van der Waals surface area contributed by atoms with E-state index in [1.165, 1.54) is 20.9 Å². The first kappa shape index (κ1) is 16.2. The minimum atomic E-state index is 1.11. The average molecular weight is 339 g/mol. The fourth-order valence-corrected chi connectivity index (χ4v) is 7.09. The van der Waals surface area contributed by atoms with E-state index in [2.05, 4.69) is 62.4 Å². The van der Waals surface area contributed by atoms with E-state index in [0.29, 0.717) is 0 Å². The highest BCUT2D eigenvalue weighted by molar-refractivity contribution is 9.26. The van der Waals surface area contributed by atoms with Crippen molar-refractivity contribution in [3.8, 4) is 0 Å². The molecule has 0 saturated heterocycles. The fraction of sp³-hybridized carbons (Fsp3) is 0.250. The number of aryl methyl sites for hydroxylation is 2. The third-order valence-electron chi connectivity index (χ3n) is 2.95. The maximum absolute atomic E-state index is 2.21. The van der Waals surface area contributed by atoms with Crippen LogP contribution in [-0.4, -0.2) is 0 Å². The van der Waals surface area contributed by atoms with Gasteiger partial charge in [0.1, 0.15) is 0 Å². The third kappa shape index (κ3) is 5.32. The van der Waals surface area contributed by atoms with Crippen molar-refractivity contribution in [1.29, 1.82) is 0 Å². The van der Waals surface area contributed by atoms with Gasteiger partial charge in [0.05, 0.1) is 0 Å². The van der Waals surface area contributed by atoms with Gasteiger partial charge in [-0.15, -0.1) is 0 Å². The molecule has 0 N–H and O–H groups in total. The molecule has 0 heterocycles. The van der Waals surface area contributed by atoms with E-state index in [4.69, 9.17) is 0 Å². The second-order valence-corrected chi connectivity index (χ2v) is 10.1. The lowest BCUT2D eigenvalue weighted by Gasteiger charge is -2.03. The van der Waals surface area contributed by atoms with Crippen molar-refractivity contribution in [2.45, 2.75) is 36.5 Å². The summed E-state index contributed by atoms with van der Waals surface area (Å²) in [5.74, 6) is 0. The monoisotopic (exact) mass is 338 g/mol. The molecule has 0 bridgehead atoms. The number of rotatable bonds is 7. The van der Waals surface area contributed by atoms with Crippen molar-refractivity contribution in [3.05, 3.63) is 59.7 Å². The molecular weight excluding hydrogens is 320 g/mol. The summed E-state index contributed by atoms with van der Waals surface area (Å²) in [5.41, 5.74) is 2.80. The summed E-state index contributed by atoms with van der Waals surface area (Å²) in [4.78, 5) is 2.64. The number of hydrogen-bond acceptors (Lipinski definition) is 4. The predicted molar refractivity (Wildman–Crippen MR) is 98.5 cm³/mol. The molecule has 20 heavy (non-hydrogen) atoms. The van der Waals surface area contributed by atoms with E-state index < -0.39 is 0 Å². The van der Waals surface area contributed by atoms with Crippen LogP contribution in [0.5, 0.6) is 0 Å². The molecule has 0 unspecified atom stereocenters. The molecule has 0 saturated carbocycles. The highest BCUT2D eigenvalue weighted by Gasteiger charge is 1.99. The summed E-state index contributed by atoms with van der Waals surface area (Å²) in [5, 5.41) is 0. The lowest BCUT2D eigenvalue weighted by molar-refractivity contribution is 1.13. The van der Waals surface area contributed by atoms with Crippen LogP contribution in [0.3, 0.4) is 0 Å². The molecule has 2 rings (SSSR count). The maximum Gasteiger partial charge on any atom is 0.0191 e. The molecule has 0 aliphatic carbocycles. The van der Waals surface area contributed by atoms with Gasteiger partial charge in [0.25, 0.3) is 0 Å². The molecule has 0 aromatic heterocycles. The van der Waals surface area contributed by atoms with Gasteiger partial charge in [-0.2, -0.15) is 0 Å². The molecule has 2 aromatic rings. The van der Waals surface area contributed by atoms with Crippen molar-refractivity contribution < 1.29 is 0 Å². The van der Waals surface area contributed by atoms with Crippen LogP contribution < -0.4 is 0 Å². The first-order chi connectivity index (χ1) is 9.81. The van der Waals surface area contributed by atoms with E-state index in [1.54, 1.807) is 0 Å². The molecule has 0 spiro atoms. The summed E-state index contributed by atoms with van der Waals surface area (Å²) in [6.07, 6.45) is 2.22. The minimum Gasteiger partial charge on any atom is -0.0613 e. The molecule has 0 aliphatic rings. The van der Waals surface area contributed by atoms with Crippen LogP contribution in [0.1, 0.15) is 25.0 Å². The van der Waals surface area contributed by atoms with Gasteiger partial charge in [-0.05, 0) is 89.5 Å². The Morgan fingerprint density at radius 3 is 1.25 bits per heavy atom. The van der Waals surface area contributed by atoms with E-state index >= 15 is 0 Å². The maximum atomic E-state index is 2.21. The lowest BCUT2D eigenvalue weighted by Crippen LogP contribution is -1.77. The van der Waals surface area contributed by atoms with Crippen LogP contribution in [0, 0.1) is 0 Å². The van der Waals surface area contributed by atoms with Gasteiger partial charge >= 0.3 is 0 Å². The smallest absolute Gasteiger partial charge is 0.0191 e. The van der Waals surface area contributed by atoms with Crippen LogP contribution >= 0.6 is 41.2 Å². The minimum absolute atomic E-state index is 1.11. The highest BCUT2D eigenvalue weighted by Crippen LogP contribution is 2.49. The molecule has 0 aliphatic heterocycles. The zero-order valence-corrected chi connectivity index (χ0v) is 14.9. The molecular formula is C16H18S4. The Kier molecular flexibility index (Phi) is 7.28. The first-order valence-corrected chi connectivity index (χ1v) is 11.5. The topological polar surface area (TPSA) is 0 Å². The van der Waals surface area contributed by atoms with E-state index in [-0.39, 0.29) is 0 Å². The van der Waals surface area contributed by atoms with Crippen molar-refractivity contribution in [2.24, 2.45) is 0 Å². The molecule has 4 heteroatoms. The van der Waals surface area contributed by atoms with Crippen molar-refractivity contribution >= 4 is 41.2 Å². The zero-order chi connectivity index (χ0) is 14.2. The second kappa shape index (κ2) is 8.98. The van der Waals surface area contributed by atoms with Crippen molar-refractivity contribution in [3.63, 3.8) is 0 Å². The van der Waals surface area contributed by atoms with Gasteiger partial charge in [-0.3, -0.25) is 0 Å². The quantitative estimate of drug-likeness (QED) is 0.397. The number of benzene rings is 2. The molecule has 0 radical (unpaired) electrons. The Morgan fingerprint density at radius 1 is 0.600 bits per heavy atom. The van der Waals surface area contributed by atoms with Crippen LogP contribution in [0.2, 0.25) is 0 Å². The second-order valence-electron chi connectivity index (χ2n) is 4.30. The molecule has 0 amide bonds. The van der Waals surface area contributed by atoms with Gasteiger partial charge < -0.3 is 0 Å². The van der Waals surface area contributed by atoms with Crippen LogP contribution in [0.4, 0.5) is 0 Å². The standard InChI is InChI=1S/C16H18S4/c1-3-13-5-9-15(10-6-13)17-19-20-18-16-11-7-14(4-2)8-12-16/h5-12H,3-4H2,1-2H3. The van der Waals surface area contributed by atoms with Gasteiger partial charge in [-0.1, -0.05) is 38.1 Å². The Hall–Kier alpha value is -0.160. The Morgan fingerprint density at radius 2 is 0.950 bits per heavy atom. The molecule has 0 fully saturated rings. The third-order valence-corrected chi connectivity index (χ3v) is 9.03. The Bertz CT molecular complexity index is 456. The van der Waals surface area contributed by atoms with Gasteiger partial charge in [0, 0.05) is 9.79 Å². The molecule has 0 atom stereocenters. The van der Waals surface area contributed by atoms with Crippen LogP contribution in [0.25, 0.3) is 0 Å². The van der Waals surface area contributed by atoms with E-state index in [9.17, 15) is 0 Å². The molecule has 0 nitrogen and oxygen atoms in total. The van der Waals surface area contributed by atoms with Crippen LogP contribution in [0.15, 0.2) is 58.3 Å². The van der Waals surface area contributed by atoms with Crippen LogP contribution in [-0.2, 0) is 12.8 Å². The molecule has 2 aromatic carbocycles. The average Bonchev–Trinajstić information content (AvgIpc) is 2.53. The summed E-state index contributed by atoms with van der Waals surface area (Å²) in [6.45, 7) is 4.38. The first-order valence-electron chi connectivity index (χ1n) is 6.67.